The number of fused-ring (bicyclic) bond motifs is 3. The zero-order chi connectivity index (χ0) is 24.5. The fourth-order valence-electron chi connectivity index (χ4n) is 4.73. The molecule has 2 aliphatic rings. The normalized spacial score (nSPS) is 18.7. The number of carboxylic acids is 1. The van der Waals surface area contributed by atoms with E-state index in [1.165, 1.54) is 17.4 Å². The largest absolute Gasteiger partial charge is 0.481 e. The van der Waals surface area contributed by atoms with Gasteiger partial charge in [-0.1, -0.05) is 48.5 Å². The molecule has 10 heteroatoms. The van der Waals surface area contributed by atoms with Crippen molar-refractivity contribution in [2.45, 2.75) is 12.0 Å². The summed E-state index contributed by atoms with van der Waals surface area (Å²) in [6.45, 7) is 0.373. The summed E-state index contributed by atoms with van der Waals surface area (Å²) >= 11 is 1.10. The van der Waals surface area contributed by atoms with Gasteiger partial charge in [0.25, 0.3) is 5.91 Å². The van der Waals surface area contributed by atoms with Gasteiger partial charge in [-0.25, -0.2) is 9.78 Å². The zero-order valence-corrected chi connectivity index (χ0v) is 19.7. The average molecular weight is 494 g/mol. The Balaban J connectivity index is 1.21. The summed E-state index contributed by atoms with van der Waals surface area (Å²) in [5.41, 5.74) is 4.64. The van der Waals surface area contributed by atoms with E-state index in [1.54, 1.807) is 0 Å². The topological polar surface area (TPSA) is 118 Å². The van der Waals surface area contributed by atoms with Crippen LogP contribution in [0, 0.1) is 5.92 Å². The number of benzene rings is 2. The molecule has 2 unspecified atom stereocenters. The van der Waals surface area contributed by atoms with Crippen LogP contribution in [0.5, 0.6) is 0 Å². The van der Waals surface area contributed by atoms with Crippen molar-refractivity contribution in [3.8, 4) is 11.1 Å². The van der Waals surface area contributed by atoms with Gasteiger partial charge >= 0.3 is 12.1 Å². The van der Waals surface area contributed by atoms with Crippen LogP contribution in [0.15, 0.2) is 53.9 Å². The summed E-state index contributed by atoms with van der Waals surface area (Å²) in [7, 11) is 1.42. The van der Waals surface area contributed by atoms with E-state index >= 15 is 0 Å². The molecule has 2 heterocycles. The molecule has 9 nitrogen and oxygen atoms in total. The number of aromatic nitrogens is 1. The number of carboxylic acid groups (broad SMARTS) is 1. The van der Waals surface area contributed by atoms with E-state index in [0.29, 0.717) is 0 Å². The molecule has 0 radical (unpaired) electrons. The minimum atomic E-state index is -1.01. The molecule has 1 saturated heterocycles. The highest BCUT2D eigenvalue weighted by Crippen LogP contribution is 2.44. The third-order valence-corrected chi connectivity index (χ3v) is 7.21. The smallest absolute Gasteiger partial charge is 0.413 e. The van der Waals surface area contributed by atoms with Gasteiger partial charge in [0.05, 0.1) is 6.10 Å². The van der Waals surface area contributed by atoms with Crippen molar-refractivity contribution in [3.63, 3.8) is 0 Å². The molecule has 2 amide bonds. The first-order chi connectivity index (χ1) is 17.0. The number of ether oxygens (including phenoxy) is 2. The van der Waals surface area contributed by atoms with E-state index in [-0.39, 0.29) is 36.4 Å². The molecule has 2 N–H and O–H groups in total. The maximum Gasteiger partial charge on any atom is 0.413 e. The first-order valence-corrected chi connectivity index (χ1v) is 12.0. The Morgan fingerprint density at radius 3 is 2.34 bits per heavy atom. The van der Waals surface area contributed by atoms with Crippen LogP contribution < -0.4 is 5.32 Å². The predicted molar refractivity (Wildman–Crippen MR) is 129 cm³/mol. The van der Waals surface area contributed by atoms with Crippen molar-refractivity contribution in [2.24, 2.45) is 5.92 Å². The lowest BCUT2D eigenvalue weighted by Crippen LogP contribution is -2.30. The number of carbonyl (C=O) groups is 3. The van der Waals surface area contributed by atoms with Crippen LogP contribution in [0.3, 0.4) is 0 Å². The van der Waals surface area contributed by atoms with Crippen LogP contribution in [0.4, 0.5) is 9.93 Å². The SMILES string of the molecule is COC1CN(C(=O)c2csc(NC(=O)OCC3c4ccccc4-c4ccccc43)n2)CC1C(=O)O. The number of nitrogens with zero attached hydrogens (tertiary/aromatic N) is 2. The first kappa shape index (κ1) is 23.0. The van der Waals surface area contributed by atoms with E-state index in [0.717, 1.165) is 33.6 Å². The molecule has 2 aromatic carbocycles. The quantitative estimate of drug-likeness (QED) is 0.538. The van der Waals surface area contributed by atoms with Crippen molar-refractivity contribution in [3.05, 3.63) is 70.7 Å². The molecular formula is C25H23N3O6S. The highest BCUT2D eigenvalue weighted by Gasteiger charge is 2.40. The maximum absolute atomic E-state index is 12.8. The minimum absolute atomic E-state index is 0.0410. The van der Waals surface area contributed by atoms with Crippen molar-refractivity contribution < 1.29 is 29.0 Å². The molecule has 1 aromatic heterocycles. The lowest BCUT2D eigenvalue weighted by molar-refractivity contribution is -0.144. The van der Waals surface area contributed by atoms with Crippen LogP contribution >= 0.6 is 11.3 Å². The molecule has 0 bridgehead atoms. The summed E-state index contributed by atoms with van der Waals surface area (Å²) < 4.78 is 10.7. The Bertz CT molecular complexity index is 1250. The molecule has 0 saturated carbocycles. The number of amides is 2. The van der Waals surface area contributed by atoms with E-state index < -0.39 is 30.0 Å². The fourth-order valence-corrected chi connectivity index (χ4v) is 5.40. The van der Waals surface area contributed by atoms with Gasteiger partial charge in [0, 0.05) is 31.5 Å². The number of methoxy groups -OCH3 is 1. The summed E-state index contributed by atoms with van der Waals surface area (Å²) in [5, 5.41) is 13.7. The second-order valence-corrected chi connectivity index (χ2v) is 9.28. The van der Waals surface area contributed by atoms with Crippen molar-refractivity contribution in [1.82, 2.24) is 9.88 Å². The number of aliphatic carboxylic acids is 1. The first-order valence-electron chi connectivity index (χ1n) is 11.1. The monoisotopic (exact) mass is 493 g/mol. The van der Waals surface area contributed by atoms with Gasteiger partial charge in [0.2, 0.25) is 0 Å². The lowest BCUT2D eigenvalue weighted by Gasteiger charge is -2.14. The molecule has 1 aliphatic heterocycles. The molecule has 5 rings (SSSR count). The average Bonchev–Trinajstić information content (AvgIpc) is 3.58. The zero-order valence-electron chi connectivity index (χ0n) is 18.8. The second kappa shape index (κ2) is 9.47. The number of hydrogen-bond donors (Lipinski definition) is 2. The number of carbonyl (C=O) groups excluding carboxylic acids is 2. The van der Waals surface area contributed by atoms with Gasteiger partial charge in [0.15, 0.2) is 5.13 Å². The Morgan fingerprint density at radius 1 is 1.09 bits per heavy atom. The molecule has 3 aromatic rings. The molecule has 0 spiro atoms. The number of likely N-dealkylation sites (tertiary alicyclic amines) is 1. The van der Waals surface area contributed by atoms with Gasteiger partial charge in [-0.05, 0) is 22.3 Å². The Kier molecular flexibility index (Phi) is 6.23. The van der Waals surface area contributed by atoms with Crippen molar-refractivity contribution >= 4 is 34.4 Å². The number of anilines is 1. The number of nitrogens with one attached hydrogen (secondary N) is 1. The van der Waals surface area contributed by atoms with Gasteiger partial charge in [-0.2, -0.15) is 0 Å². The third-order valence-electron chi connectivity index (χ3n) is 6.45. The Labute approximate surface area is 205 Å². The maximum atomic E-state index is 12.8. The summed E-state index contributed by atoms with van der Waals surface area (Å²) in [6.07, 6.45) is -1.24. The summed E-state index contributed by atoms with van der Waals surface area (Å²) in [4.78, 5) is 42.3. The Hall–Kier alpha value is -3.76. The summed E-state index contributed by atoms with van der Waals surface area (Å²) in [6, 6.07) is 16.1. The highest BCUT2D eigenvalue weighted by atomic mass is 32.1. The Morgan fingerprint density at radius 2 is 1.74 bits per heavy atom. The number of hydrogen-bond acceptors (Lipinski definition) is 7. The minimum Gasteiger partial charge on any atom is -0.481 e. The van der Waals surface area contributed by atoms with E-state index in [9.17, 15) is 19.5 Å². The van der Waals surface area contributed by atoms with Crippen LogP contribution in [0.25, 0.3) is 11.1 Å². The fraction of sp³-hybridized carbons (Fsp3) is 0.280. The van der Waals surface area contributed by atoms with Crippen LogP contribution in [0.2, 0.25) is 0 Å². The van der Waals surface area contributed by atoms with E-state index in [1.807, 2.05) is 36.4 Å². The van der Waals surface area contributed by atoms with Gasteiger partial charge in [0.1, 0.15) is 18.2 Å². The standard InChI is InChI=1S/C25H23N3O6S/c1-33-21-11-28(10-18(21)23(30)31)22(29)20-13-35-24(26-20)27-25(32)34-12-19-16-8-4-2-6-14(16)15-7-3-5-9-17(15)19/h2-9,13,18-19,21H,10-12H2,1H3,(H,30,31)(H,26,27,32). The molecule has 180 valence electrons. The van der Waals surface area contributed by atoms with Crippen LogP contribution in [-0.2, 0) is 14.3 Å². The molecule has 1 fully saturated rings. The lowest BCUT2D eigenvalue weighted by atomic mass is 9.98. The molecule has 2 atom stereocenters. The number of thiazole rings is 1. The second-order valence-electron chi connectivity index (χ2n) is 8.42. The molecule has 1 aliphatic carbocycles. The van der Waals surface area contributed by atoms with E-state index in [4.69, 9.17) is 9.47 Å². The molecular weight excluding hydrogens is 470 g/mol. The summed E-state index contributed by atoms with van der Waals surface area (Å²) in [5.74, 6) is -2.27. The third kappa shape index (κ3) is 4.38. The van der Waals surface area contributed by atoms with Gasteiger partial charge in [-0.3, -0.25) is 14.9 Å². The van der Waals surface area contributed by atoms with Crippen LogP contribution in [0.1, 0.15) is 27.5 Å². The van der Waals surface area contributed by atoms with Crippen molar-refractivity contribution in [1.29, 1.82) is 0 Å². The van der Waals surface area contributed by atoms with Gasteiger partial charge in [-0.15, -0.1) is 11.3 Å². The number of rotatable bonds is 6. The highest BCUT2D eigenvalue weighted by molar-refractivity contribution is 7.14. The van der Waals surface area contributed by atoms with Crippen molar-refractivity contribution in [2.75, 3.05) is 32.1 Å². The van der Waals surface area contributed by atoms with Crippen LogP contribution in [-0.4, -0.2) is 65.9 Å². The predicted octanol–water partition coefficient (Wildman–Crippen LogP) is 3.68. The molecule has 35 heavy (non-hydrogen) atoms. The van der Waals surface area contributed by atoms with Gasteiger partial charge < -0.3 is 19.5 Å². The van der Waals surface area contributed by atoms with E-state index in [2.05, 4.69) is 22.4 Å².